The molecule has 0 amide bonds. The molecule has 3 aromatic rings. The van der Waals surface area contributed by atoms with Crippen molar-refractivity contribution >= 4 is 27.6 Å². The lowest BCUT2D eigenvalue weighted by Gasteiger charge is -2.01. The SMILES string of the molecule is O=c1c2cc(O)ccc2oc2ccc([N+](=O)[O-])cc12. The molecule has 0 saturated heterocycles. The van der Waals surface area contributed by atoms with E-state index in [4.69, 9.17) is 4.42 Å². The number of hydrogen-bond donors (Lipinski definition) is 1. The van der Waals surface area contributed by atoms with Gasteiger partial charge >= 0.3 is 0 Å². The fraction of sp³-hybridized carbons (Fsp3) is 0. The fourth-order valence-electron chi connectivity index (χ4n) is 1.95. The Labute approximate surface area is 105 Å². The Morgan fingerprint density at radius 3 is 2.37 bits per heavy atom. The Hall–Kier alpha value is -2.89. The zero-order valence-electron chi connectivity index (χ0n) is 9.49. The van der Waals surface area contributed by atoms with Crippen LogP contribution < -0.4 is 5.43 Å². The molecule has 0 bridgehead atoms. The molecular weight excluding hydrogens is 250 g/mol. The fourth-order valence-corrected chi connectivity index (χ4v) is 1.95. The van der Waals surface area contributed by atoms with Gasteiger partial charge in [0.25, 0.3) is 5.69 Å². The van der Waals surface area contributed by atoms with Crippen molar-refractivity contribution in [3.8, 4) is 5.75 Å². The third-order valence-corrected chi connectivity index (χ3v) is 2.85. The van der Waals surface area contributed by atoms with E-state index in [1.165, 1.54) is 36.4 Å². The Kier molecular flexibility index (Phi) is 2.25. The first-order valence-electron chi connectivity index (χ1n) is 5.40. The van der Waals surface area contributed by atoms with E-state index < -0.39 is 10.4 Å². The van der Waals surface area contributed by atoms with Gasteiger partial charge in [-0.05, 0) is 24.3 Å². The van der Waals surface area contributed by atoms with Gasteiger partial charge in [-0.3, -0.25) is 14.9 Å². The van der Waals surface area contributed by atoms with Crippen molar-refractivity contribution in [2.24, 2.45) is 0 Å². The average molecular weight is 257 g/mol. The number of phenolic OH excluding ortho intramolecular Hbond substituents is 1. The number of phenols is 1. The number of benzene rings is 2. The van der Waals surface area contributed by atoms with Gasteiger partial charge in [0.1, 0.15) is 16.9 Å². The molecule has 0 radical (unpaired) electrons. The molecule has 3 rings (SSSR count). The van der Waals surface area contributed by atoms with Crippen LogP contribution in [0, 0.1) is 10.1 Å². The van der Waals surface area contributed by atoms with Crippen molar-refractivity contribution in [2.45, 2.75) is 0 Å². The van der Waals surface area contributed by atoms with E-state index in [2.05, 4.69) is 0 Å². The van der Waals surface area contributed by atoms with Crippen LogP contribution in [0.5, 0.6) is 5.75 Å². The van der Waals surface area contributed by atoms with Crippen molar-refractivity contribution in [3.63, 3.8) is 0 Å². The minimum atomic E-state index is -0.578. The highest BCUT2D eigenvalue weighted by Gasteiger charge is 2.12. The first kappa shape index (κ1) is 11.2. The van der Waals surface area contributed by atoms with Crippen LogP contribution in [0.1, 0.15) is 0 Å². The van der Waals surface area contributed by atoms with Crippen LogP contribution in [-0.4, -0.2) is 10.0 Å². The largest absolute Gasteiger partial charge is 0.508 e. The number of nitro benzene ring substituents is 1. The van der Waals surface area contributed by atoms with Crippen molar-refractivity contribution in [1.82, 2.24) is 0 Å². The molecule has 6 nitrogen and oxygen atoms in total. The highest BCUT2D eigenvalue weighted by atomic mass is 16.6. The summed E-state index contributed by atoms with van der Waals surface area (Å²) in [6.07, 6.45) is 0. The molecular formula is C13H7NO5. The van der Waals surface area contributed by atoms with Crippen LogP contribution in [0.3, 0.4) is 0 Å². The summed E-state index contributed by atoms with van der Waals surface area (Å²) in [6.45, 7) is 0. The molecule has 0 spiro atoms. The van der Waals surface area contributed by atoms with Gasteiger partial charge in [-0.1, -0.05) is 0 Å². The molecule has 6 heteroatoms. The molecule has 1 heterocycles. The lowest BCUT2D eigenvalue weighted by atomic mass is 10.1. The summed E-state index contributed by atoms with van der Waals surface area (Å²) in [5, 5.41) is 20.4. The van der Waals surface area contributed by atoms with Crippen LogP contribution in [-0.2, 0) is 0 Å². The van der Waals surface area contributed by atoms with E-state index >= 15 is 0 Å². The number of nitro groups is 1. The highest BCUT2D eigenvalue weighted by molar-refractivity contribution is 5.91. The smallest absolute Gasteiger partial charge is 0.270 e. The molecule has 0 aliphatic heterocycles. The quantitative estimate of drug-likeness (QED) is 0.410. The van der Waals surface area contributed by atoms with E-state index in [0.29, 0.717) is 5.58 Å². The van der Waals surface area contributed by atoms with Crippen molar-refractivity contribution in [2.75, 3.05) is 0 Å². The van der Waals surface area contributed by atoms with Crippen LogP contribution in [0.15, 0.2) is 45.6 Å². The van der Waals surface area contributed by atoms with E-state index in [1.807, 2.05) is 0 Å². The Balaban J connectivity index is 2.48. The van der Waals surface area contributed by atoms with Crippen LogP contribution >= 0.6 is 0 Å². The van der Waals surface area contributed by atoms with Gasteiger partial charge in [-0.25, -0.2) is 0 Å². The summed E-state index contributed by atoms with van der Waals surface area (Å²) >= 11 is 0. The van der Waals surface area contributed by atoms with Crippen LogP contribution in [0.2, 0.25) is 0 Å². The molecule has 0 atom stereocenters. The number of rotatable bonds is 1. The Bertz CT molecular complexity index is 881. The molecule has 2 aromatic carbocycles. The minimum Gasteiger partial charge on any atom is -0.508 e. The first-order chi connectivity index (χ1) is 9.06. The van der Waals surface area contributed by atoms with Crippen LogP contribution in [0.4, 0.5) is 5.69 Å². The lowest BCUT2D eigenvalue weighted by Crippen LogP contribution is -2.02. The predicted molar refractivity (Wildman–Crippen MR) is 68.3 cm³/mol. The zero-order chi connectivity index (χ0) is 13.6. The molecule has 0 aliphatic carbocycles. The number of aromatic hydroxyl groups is 1. The molecule has 0 fully saturated rings. The summed E-state index contributed by atoms with van der Waals surface area (Å²) in [5.74, 6) is -0.0652. The number of nitrogens with zero attached hydrogens (tertiary/aromatic N) is 1. The number of fused-ring (bicyclic) bond motifs is 2. The van der Waals surface area contributed by atoms with Gasteiger partial charge in [-0.15, -0.1) is 0 Å². The number of hydrogen-bond acceptors (Lipinski definition) is 5. The third-order valence-electron chi connectivity index (χ3n) is 2.85. The van der Waals surface area contributed by atoms with Crippen molar-refractivity contribution in [3.05, 3.63) is 56.7 Å². The van der Waals surface area contributed by atoms with Crippen LogP contribution in [0.25, 0.3) is 21.9 Å². The van der Waals surface area contributed by atoms with Gasteiger partial charge in [0, 0.05) is 12.1 Å². The maximum atomic E-state index is 12.2. The van der Waals surface area contributed by atoms with Crippen molar-refractivity contribution < 1.29 is 14.4 Å². The zero-order valence-corrected chi connectivity index (χ0v) is 9.49. The molecule has 1 aromatic heterocycles. The summed E-state index contributed by atoms with van der Waals surface area (Å²) < 4.78 is 5.48. The average Bonchev–Trinajstić information content (AvgIpc) is 2.39. The topological polar surface area (TPSA) is 93.6 Å². The minimum absolute atomic E-state index is 0.0652. The third kappa shape index (κ3) is 1.70. The maximum absolute atomic E-state index is 12.2. The van der Waals surface area contributed by atoms with E-state index in [1.54, 1.807) is 0 Å². The molecule has 19 heavy (non-hydrogen) atoms. The summed E-state index contributed by atoms with van der Waals surface area (Å²) in [4.78, 5) is 22.3. The summed E-state index contributed by atoms with van der Waals surface area (Å²) in [5.41, 5.74) is 0.00750. The first-order valence-corrected chi connectivity index (χ1v) is 5.40. The second kappa shape index (κ2) is 3.81. The van der Waals surface area contributed by atoms with E-state index in [9.17, 15) is 20.0 Å². The predicted octanol–water partition coefficient (Wildman–Crippen LogP) is 2.56. The molecule has 0 saturated carbocycles. The molecule has 0 aliphatic rings. The second-order valence-corrected chi connectivity index (χ2v) is 4.05. The van der Waals surface area contributed by atoms with E-state index in [0.717, 1.165) is 0 Å². The van der Waals surface area contributed by atoms with Gasteiger partial charge in [-0.2, -0.15) is 0 Å². The van der Waals surface area contributed by atoms with Gasteiger partial charge < -0.3 is 9.52 Å². The molecule has 94 valence electrons. The molecule has 1 N–H and O–H groups in total. The lowest BCUT2D eigenvalue weighted by molar-refractivity contribution is -0.384. The monoisotopic (exact) mass is 257 g/mol. The van der Waals surface area contributed by atoms with Crippen molar-refractivity contribution in [1.29, 1.82) is 0 Å². The van der Waals surface area contributed by atoms with Gasteiger partial charge in [0.15, 0.2) is 0 Å². The maximum Gasteiger partial charge on any atom is 0.270 e. The number of non-ortho nitro benzene ring substituents is 1. The molecule has 0 unspecified atom stereocenters. The van der Waals surface area contributed by atoms with Gasteiger partial charge in [0.05, 0.1) is 15.7 Å². The second-order valence-electron chi connectivity index (χ2n) is 4.05. The van der Waals surface area contributed by atoms with Gasteiger partial charge in [0.2, 0.25) is 5.43 Å². The Morgan fingerprint density at radius 2 is 1.68 bits per heavy atom. The highest BCUT2D eigenvalue weighted by Crippen LogP contribution is 2.24. The normalized spacial score (nSPS) is 10.9. The summed E-state index contributed by atoms with van der Waals surface area (Å²) in [7, 11) is 0. The standard InChI is InChI=1S/C13H7NO5/c15-8-2-4-12-10(6-8)13(16)9-5-7(14(17)18)1-3-11(9)19-12/h1-6,15H. The van der Waals surface area contributed by atoms with E-state index in [-0.39, 0.29) is 27.8 Å². The summed E-state index contributed by atoms with van der Waals surface area (Å²) in [6, 6.07) is 8.00. The Morgan fingerprint density at radius 1 is 1.05 bits per heavy atom.